The minimum Gasteiger partial charge on any atom is -0.322 e. The molecule has 4 rings (SSSR count). The van der Waals surface area contributed by atoms with Gasteiger partial charge in [-0.15, -0.1) is 5.10 Å². The molecule has 0 saturated heterocycles. The number of rotatable bonds is 8. The van der Waals surface area contributed by atoms with Crippen LogP contribution in [0.2, 0.25) is 0 Å². The van der Waals surface area contributed by atoms with Crippen LogP contribution in [0, 0.1) is 13.8 Å². The van der Waals surface area contributed by atoms with E-state index in [9.17, 15) is 4.79 Å². The van der Waals surface area contributed by atoms with E-state index in [0.29, 0.717) is 6.54 Å². The molecule has 1 unspecified atom stereocenters. The molecule has 4 aromatic rings. The summed E-state index contributed by atoms with van der Waals surface area (Å²) in [6, 6.07) is 16.7. The molecule has 184 valence electrons. The van der Waals surface area contributed by atoms with Crippen LogP contribution >= 0.6 is 0 Å². The van der Waals surface area contributed by atoms with Crippen molar-refractivity contribution in [3.63, 3.8) is 0 Å². The number of tetrazole rings is 1. The highest BCUT2D eigenvalue weighted by Crippen LogP contribution is 2.28. The van der Waals surface area contributed by atoms with Gasteiger partial charge in [-0.25, -0.2) is 4.68 Å². The molecule has 0 fully saturated rings. The van der Waals surface area contributed by atoms with Gasteiger partial charge in [0.05, 0.1) is 11.6 Å². The van der Waals surface area contributed by atoms with Crippen LogP contribution in [0.5, 0.6) is 0 Å². The second-order valence-corrected chi connectivity index (χ2v) is 10.4. The van der Waals surface area contributed by atoms with Crippen molar-refractivity contribution in [3.05, 3.63) is 87.0 Å². The third kappa shape index (κ3) is 5.51. The fourth-order valence-corrected chi connectivity index (χ4v) is 4.60. The lowest BCUT2D eigenvalue weighted by atomic mass is 10.0. The Hall–Kier alpha value is -3.32. The number of nitrogens with one attached hydrogen (secondary N) is 1. The molecule has 35 heavy (non-hydrogen) atoms. The van der Waals surface area contributed by atoms with Gasteiger partial charge in [0.15, 0.2) is 5.82 Å². The zero-order chi connectivity index (χ0) is 25.2. The number of hydrogen-bond acceptors (Lipinski definition) is 5. The number of benzene rings is 2. The Morgan fingerprint density at radius 1 is 1.06 bits per heavy atom. The van der Waals surface area contributed by atoms with Crippen LogP contribution in [0.15, 0.2) is 53.3 Å². The average Bonchev–Trinajstić information content (AvgIpc) is 3.30. The highest BCUT2D eigenvalue weighted by molar-refractivity contribution is 5.80. The van der Waals surface area contributed by atoms with E-state index >= 15 is 0 Å². The summed E-state index contributed by atoms with van der Waals surface area (Å²) in [6.45, 7) is 13.9. The summed E-state index contributed by atoms with van der Waals surface area (Å²) >= 11 is 0. The minimum absolute atomic E-state index is 0.0252. The van der Waals surface area contributed by atoms with Crippen molar-refractivity contribution < 1.29 is 0 Å². The molecule has 0 saturated carbocycles. The first-order valence-corrected chi connectivity index (χ1v) is 12.4. The molecule has 2 heterocycles. The van der Waals surface area contributed by atoms with Gasteiger partial charge in [-0.2, -0.15) is 0 Å². The van der Waals surface area contributed by atoms with E-state index in [1.54, 1.807) is 0 Å². The number of aryl methyl sites for hydroxylation is 2. The SMILES string of the molecule is CCC(c1nnnn1C(C)(C)C)N(CCc1ccccc1)Cc1cc2cc(C)c(C)cc2[nH]c1=O. The van der Waals surface area contributed by atoms with Crippen molar-refractivity contribution in [1.29, 1.82) is 0 Å². The number of nitrogens with zero attached hydrogens (tertiary/aromatic N) is 5. The van der Waals surface area contributed by atoms with Gasteiger partial charge in [0, 0.05) is 24.2 Å². The topological polar surface area (TPSA) is 79.7 Å². The highest BCUT2D eigenvalue weighted by atomic mass is 16.1. The maximum absolute atomic E-state index is 13.1. The molecule has 1 N–H and O–H groups in total. The summed E-state index contributed by atoms with van der Waals surface area (Å²) in [5, 5.41) is 13.8. The predicted octanol–water partition coefficient (Wildman–Crippen LogP) is 5.08. The lowest BCUT2D eigenvalue weighted by Crippen LogP contribution is -2.36. The van der Waals surface area contributed by atoms with Crippen molar-refractivity contribution in [2.75, 3.05) is 6.54 Å². The third-order valence-corrected chi connectivity index (χ3v) is 6.69. The van der Waals surface area contributed by atoms with Crippen molar-refractivity contribution in [1.82, 2.24) is 30.1 Å². The summed E-state index contributed by atoms with van der Waals surface area (Å²) in [5.41, 5.74) is 4.99. The average molecular weight is 473 g/mol. The number of hydrogen-bond donors (Lipinski definition) is 1. The Morgan fingerprint density at radius 3 is 2.46 bits per heavy atom. The number of aromatic nitrogens is 5. The van der Waals surface area contributed by atoms with Crippen molar-refractivity contribution in [2.24, 2.45) is 0 Å². The second kappa shape index (κ2) is 10.1. The maximum Gasteiger partial charge on any atom is 0.252 e. The number of fused-ring (bicyclic) bond motifs is 1. The summed E-state index contributed by atoms with van der Waals surface area (Å²) in [5.74, 6) is 0.830. The predicted molar refractivity (Wildman–Crippen MR) is 140 cm³/mol. The third-order valence-electron chi connectivity index (χ3n) is 6.69. The lowest BCUT2D eigenvalue weighted by Gasteiger charge is -2.32. The van der Waals surface area contributed by atoms with Crippen LogP contribution in [-0.4, -0.2) is 36.6 Å². The quantitative estimate of drug-likeness (QED) is 0.387. The van der Waals surface area contributed by atoms with Crippen molar-refractivity contribution >= 4 is 10.9 Å². The monoisotopic (exact) mass is 472 g/mol. The molecule has 7 heteroatoms. The van der Waals surface area contributed by atoms with E-state index in [1.165, 1.54) is 16.7 Å². The van der Waals surface area contributed by atoms with Crippen LogP contribution in [-0.2, 0) is 18.5 Å². The maximum atomic E-state index is 13.1. The minimum atomic E-state index is -0.243. The van der Waals surface area contributed by atoms with E-state index in [1.807, 2.05) is 16.8 Å². The first kappa shape index (κ1) is 24.8. The summed E-state index contributed by atoms with van der Waals surface area (Å²) in [7, 11) is 0. The Kier molecular flexibility index (Phi) is 7.17. The van der Waals surface area contributed by atoms with E-state index in [2.05, 4.69) is 103 Å². The zero-order valence-electron chi connectivity index (χ0n) is 21.7. The fourth-order valence-electron chi connectivity index (χ4n) is 4.60. The zero-order valence-corrected chi connectivity index (χ0v) is 21.7. The molecule has 2 aromatic heterocycles. The Bertz CT molecular complexity index is 1350. The summed E-state index contributed by atoms with van der Waals surface area (Å²) < 4.78 is 1.91. The number of aromatic amines is 1. The summed E-state index contributed by atoms with van der Waals surface area (Å²) in [4.78, 5) is 18.6. The van der Waals surface area contributed by atoms with Gasteiger partial charge >= 0.3 is 0 Å². The van der Waals surface area contributed by atoms with Gasteiger partial charge in [0.2, 0.25) is 0 Å². The van der Waals surface area contributed by atoms with E-state index in [0.717, 1.165) is 41.7 Å². The molecule has 0 spiro atoms. The molecule has 0 aliphatic heterocycles. The summed E-state index contributed by atoms with van der Waals surface area (Å²) in [6.07, 6.45) is 1.70. The Labute approximate surface area is 207 Å². The Balaban J connectivity index is 1.73. The van der Waals surface area contributed by atoms with E-state index < -0.39 is 0 Å². The molecule has 0 radical (unpaired) electrons. The fraction of sp³-hybridized carbons (Fsp3) is 0.429. The van der Waals surface area contributed by atoms with E-state index in [4.69, 9.17) is 0 Å². The molecule has 1 atom stereocenters. The number of H-pyrrole nitrogens is 1. The second-order valence-electron chi connectivity index (χ2n) is 10.4. The van der Waals surface area contributed by atoms with Gasteiger partial charge in [-0.1, -0.05) is 37.3 Å². The lowest BCUT2D eigenvalue weighted by molar-refractivity contribution is 0.163. The Morgan fingerprint density at radius 2 is 1.77 bits per heavy atom. The van der Waals surface area contributed by atoms with Crippen LogP contribution in [0.3, 0.4) is 0 Å². The molecule has 0 aliphatic carbocycles. The number of pyridine rings is 1. The van der Waals surface area contributed by atoms with Crippen LogP contribution in [0.4, 0.5) is 0 Å². The standard InChI is InChI=1S/C28H36N6O/c1-7-25(26-30-31-32-34(26)28(4,5)6)33(14-13-21-11-9-8-10-12-21)18-23-17-22-15-19(2)20(3)16-24(22)29-27(23)35/h8-12,15-17,25H,7,13-14,18H2,1-6H3,(H,29,35). The van der Waals surface area contributed by atoms with Crippen LogP contribution < -0.4 is 5.56 Å². The largest absolute Gasteiger partial charge is 0.322 e. The molecule has 7 nitrogen and oxygen atoms in total. The first-order valence-electron chi connectivity index (χ1n) is 12.4. The van der Waals surface area contributed by atoms with Gasteiger partial charge in [0.1, 0.15) is 0 Å². The van der Waals surface area contributed by atoms with Crippen LogP contribution in [0.1, 0.15) is 68.2 Å². The van der Waals surface area contributed by atoms with E-state index in [-0.39, 0.29) is 17.1 Å². The van der Waals surface area contributed by atoms with Gasteiger partial charge in [-0.05, 0) is 98.2 Å². The van der Waals surface area contributed by atoms with Gasteiger partial charge in [0.25, 0.3) is 5.56 Å². The van der Waals surface area contributed by atoms with Crippen molar-refractivity contribution in [2.45, 2.75) is 72.5 Å². The smallest absolute Gasteiger partial charge is 0.252 e. The first-order chi connectivity index (χ1) is 16.7. The van der Waals surface area contributed by atoms with Gasteiger partial charge in [-0.3, -0.25) is 9.69 Å². The molecular weight excluding hydrogens is 436 g/mol. The highest BCUT2D eigenvalue weighted by Gasteiger charge is 2.29. The normalized spacial score (nSPS) is 13.0. The molecule has 0 bridgehead atoms. The molecule has 0 amide bonds. The molecular formula is C28H36N6O. The molecule has 2 aromatic carbocycles. The van der Waals surface area contributed by atoms with Gasteiger partial charge < -0.3 is 4.98 Å². The van der Waals surface area contributed by atoms with Crippen LogP contribution in [0.25, 0.3) is 10.9 Å². The van der Waals surface area contributed by atoms with Crippen molar-refractivity contribution in [3.8, 4) is 0 Å². The molecule has 0 aliphatic rings.